The molecule has 0 amide bonds. The highest BCUT2D eigenvalue weighted by molar-refractivity contribution is 6.30. The van der Waals surface area contributed by atoms with Crippen molar-refractivity contribution >= 4 is 22.5 Å². The number of rotatable bonds is 7. The fourth-order valence-electron chi connectivity index (χ4n) is 5.95. The number of benzene rings is 3. The lowest BCUT2D eigenvalue weighted by atomic mass is 9.70. The van der Waals surface area contributed by atoms with Crippen molar-refractivity contribution < 1.29 is 19.3 Å². The Bertz CT molecular complexity index is 1400. The van der Waals surface area contributed by atoms with E-state index >= 15 is 0 Å². The molecule has 5 nitrogen and oxygen atoms in total. The van der Waals surface area contributed by atoms with Crippen molar-refractivity contribution in [1.29, 1.82) is 0 Å². The number of likely N-dealkylation sites (tertiary alicyclic amines) is 1. The molecule has 0 aliphatic carbocycles. The number of piperidine rings is 1. The standard InChI is InChI=1S/C31H32ClFN2O3.CH4/c1-20(21-6-4-3-5-7-21)35-15-14-31(37,18-26(35)19-36)29(22-8-10-24(32)11-9-22)27-17-23-16-25(33)12-13-28(23)34-30(27)38-2;/h3-13,16-17,20,26,29,36-37H,14-15,18-19H2,1-2H3;1H4. The molecular weight excluding hydrogens is 515 g/mol. The molecule has 1 aliphatic rings. The Kier molecular flexibility index (Phi) is 8.92. The minimum Gasteiger partial charge on any atom is -0.481 e. The van der Waals surface area contributed by atoms with Crippen molar-refractivity contribution in [2.45, 2.75) is 50.8 Å². The van der Waals surface area contributed by atoms with Crippen molar-refractivity contribution in [2.24, 2.45) is 0 Å². The van der Waals surface area contributed by atoms with Crippen LogP contribution in [0.15, 0.2) is 78.9 Å². The Morgan fingerprint density at radius 1 is 1.08 bits per heavy atom. The zero-order valence-electron chi connectivity index (χ0n) is 21.5. The fourth-order valence-corrected chi connectivity index (χ4v) is 6.07. The van der Waals surface area contributed by atoms with Crippen LogP contribution in [0.1, 0.15) is 55.8 Å². The minimum atomic E-state index is -1.23. The van der Waals surface area contributed by atoms with Gasteiger partial charge in [-0.25, -0.2) is 9.37 Å². The molecule has 4 atom stereocenters. The first-order chi connectivity index (χ1) is 18.3. The number of hydrogen-bond acceptors (Lipinski definition) is 5. The number of pyridine rings is 1. The molecule has 3 aromatic carbocycles. The first kappa shape index (κ1) is 29.0. The van der Waals surface area contributed by atoms with Crippen LogP contribution in [0.2, 0.25) is 5.02 Å². The summed E-state index contributed by atoms with van der Waals surface area (Å²) in [6.45, 7) is 2.62. The van der Waals surface area contributed by atoms with E-state index in [2.05, 4.69) is 28.9 Å². The summed E-state index contributed by atoms with van der Waals surface area (Å²) in [5, 5.41) is 24.1. The Hall–Kier alpha value is -3.03. The predicted molar refractivity (Wildman–Crippen MR) is 155 cm³/mol. The fraction of sp³-hybridized carbons (Fsp3) is 0.344. The second kappa shape index (κ2) is 12.0. The Morgan fingerprint density at radius 2 is 1.79 bits per heavy atom. The number of halogens is 2. The second-order valence-electron chi connectivity index (χ2n) is 10.1. The van der Waals surface area contributed by atoms with Gasteiger partial charge in [0.25, 0.3) is 0 Å². The van der Waals surface area contributed by atoms with E-state index in [1.165, 1.54) is 12.1 Å². The average molecular weight is 551 g/mol. The van der Waals surface area contributed by atoms with E-state index in [-0.39, 0.29) is 31.9 Å². The molecule has 39 heavy (non-hydrogen) atoms. The van der Waals surface area contributed by atoms with Crippen molar-refractivity contribution in [3.05, 3.63) is 106 Å². The van der Waals surface area contributed by atoms with Gasteiger partial charge in [0.15, 0.2) is 0 Å². The third-order valence-corrected chi connectivity index (χ3v) is 8.12. The first-order valence-corrected chi connectivity index (χ1v) is 13.2. The Balaban J connectivity index is 0.00000353. The van der Waals surface area contributed by atoms with Crippen LogP contribution in [0.4, 0.5) is 4.39 Å². The lowest BCUT2D eigenvalue weighted by Gasteiger charge is -2.49. The van der Waals surface area contributed by atoms with Gasteiger partial charge in [0.05, 0.1) is 24.8 Å². The van der Waals surface area contributed by atoms with Crippen LogP contribution in [0.3, 0.4) is 0 Å². The van der Waals surface area contributed by atoms with Crippen LogP contribution in [0, 0.1) is 5.82 Å². The summed E-state index contributed by atoms with van der Waals surface area (Å²) in [7, 11) is 1.55. The molecule has 5 rings (SSSR count). The predicted octanol–water partition coefficient (Wildman–Crippen LogP) is 6.75. The van der Waals surface area contributed by atoms with Gasteiger partial charge in [-0.1, -0.05) is 61.5 Å². The molecule has 0 saturated carbocycles. The van der Waals surface area contributed by atoms with E-state index in [9.17, 15) is 14.6 Å². The first-order valence-electron chi connectivity index (χ1n) is 12.9. The van der Waals surface area contributed by atoms with Crippen LogP contribution >= 0.6 is 11.6 Å². The molecule has 4 aromatic rings. The summed E-state index contributed by atoms with van der Waals surface area (Å²) in [6, 6.07) is 23.7. The van der Waals surface area contributed by atoms with Gasteiger partial charge in [-0.3, -0.25) is 4.90 Å². The molecule has 4 unspecified atom stereocenters. The van der Waals surface area contributed by atoms with Gasteiger partial charge in [0, 0.05) is 40.5 Å². The van der Waals surface area contributed by atoms with Gasteiger partial charge in [-0.05, 0) is 67.3 Å². The largest absolute Gasteiger partial charge is 0.481 e. The molecular formula is C32H36ClFN2O3. The maximum atomic E-state index is 14.1. The van der Waals surface area contributed by atoms with Crippen LogP contribution in [-0.2, 0) is 0 Å². The van der Waals surface area contributed by atoms with E-state index in [1.807, 2.05) is 36.4 Å². The number of nitrogens with zero attached hydrogens (tertiary/aromatic N) is 2. The van der Waals surface area contributed by atoms with Crippen molar-refractivity contribution in [1.82, 2.24) is 9.88 Å². The van der Waals surface area contributed by atoms with Crippen LogP contribution < -0.4 is 4.74 Å². The van der Waals surface area contributed by atoms with Crippen LogP contribution in [0.25, 0.3) is 10.9 Å². The van der Waals surface area contributed by atoms with Crippen LogP contribution in [0.5, 0.6) is 5.88 Å². The van der Waals surface area contributed by atoms with Gasteiger partial charge in [-0.2, -0.15) is 0 Å². The molecule has 1 saturated heterocycles. The molecule has 206 valence electrons. The van der Waals surface area contributed by atoms with Gasteiger partial charge < -0.3 is 14.9 Å². The number of fused-ring (bicyclic) bond motifs is 1. The summed E-state index contributed by atoms with van der Waals surface area (Å²) >= 11 is 6.21. The van der Waals surface area contributed by atoms with E-state index in [0.717, 1.165) is 11.1 Å². The molecule has 1 aromatic heterocycles. The van der Waals surface area contributed by atoms with Crippen molar-refractivity contribution in [2.75, 3.05) is 20.3 Å². The summed E-state index contributed by atoms with van der Waals surface area (Å²) in [4.78, 5) is 6.92. The summed E-state index contributed by atoms with van der Waals surface area (Å²) in [5.41, 5.74) is 2.04. The van der Waals surface area contributed by atoms with Gasteiger partial charge in [0.1, 0.15) is 5.82 Å². The SMILES string of the molecule is C.COc1nc2ccc(F)cc2cc1C(c1ccc(Cl)cc1)C1(O)CCN(C(C)c2ccccc2)C(CO)C1. The van der Waals surface area contributed by atoms with E-state index < -0.39 is 11.5 Å². The van der Waals surface area contributed by atoms with Crippen molar-refractivity contribution in [3.8, 4) is 5.88 Å². The number of ether oxygens (including phenoxy) is 1. The zero-order chi connectivity index (χ0) is 26.9. The monoisotopic (exact) mass is 550 g/mol. The molecule has 0 bridgehead atoms. The molecule has 2 heterocycles. The number of aliphatic hydroxyl groups excluding tert-OH is 1. The highest BCUT2D eigenvalue weighted by Crippen LogP contribution is 2.47. The molecule has 1 fully saturated rings. The molecule has 2 N–H and O–H groups in total. The molecule has 0 spiro atoms. The normalized spacial score (nSPS) is 21.2. The number of methoxy groups -OCH3 is 1. The summed E-state index contributed by atoms with van der Waals surface area (Å²) in [5.74, 6) is -0.531. The smallest absolute Gasteiger partial charge is 0.217 e. The molecule has 0 radical (unpaired) electrons. The Labute approximate surface area is 234 Å². The summed E-state index contributed by atoms with van der Waals surface area (Å²) < 4.78 is 19.9. The summed E-state index contributed by atoms with van der Waals surface area (Å²) in [6.07, 6.45) is 0.788. The third kappa shape index (κ3) is 5.80. The van der Waals surface area contributed by atoms with E-state index in [0.29, 0.717) is 46.8 Å². The zero-order valence-corrected chi connectivity index (χ0v) is 22.3. The van der Waals surface area contributed by atoms with E-state index in [1.54, 1.807) is 25.3 Å². The van der Waals surface area contributed by atoms with Gasteiger partial charge in [0.2, 0.25) is 5.88 Å². The topological polar surface area (TPSA) is 65.8 Å². The number of aliphatic hydroxyl groups is 2. The molecule has 7 heteroatoms. The van der Waals surface area contributed by atoms with Crippen LogP contribution in [-0.4, -0.2) is 52.0 Å². The average Bonchev–Trinajstić information content (AvgIpc) is 2.93. The molecule has 1 aliphatic heterocycles. The number of hydrogen-bond donors (Lipinski definition) is 2. The Morgan fingerprint density at radius 3 is 2.46 bits per heavy atom. The van der Waals surface area contributed by atoms with Crippen molar-refractivity contribution in [3.63, 3.8) is 0 Å². The quantitative estimate of drug-likeness (QED) is 0.266. The van der Waals surface area contributed by atoms with Gasteiger partial charge in [-0.15, -0.1) is 0 Å². The lowest BCUT2D eigenvalue weighted by molar-refractivity contribution is -0.0790. The maximum absolute atomic E-state index is 14.1. The maximum Gasteiger partial charge on any atom is 0.217 e. The second-order valence-corrected chi connectivity index (χ2v) is 10.6. The highest BCUT2D eigenvalue weighted by Gasteiger charge is 2.47. The third-order valence-electron chi connectivity index (χ3n) is 7.87. The van der Waals surface area contributed by atoms with E-state index in [4.69, 9.17) is 16.3 Å². The highest BCUT2D eigenvalue weighted by atomic mass is 35.5. The lowest BCUT2D eigenvalue weighted by Crippen LogP contribution is -2.55. The minimum absolute atomic E-state index is 0. The van der Waals surface area contributed by atoms with Gasteiger partial charge >= 0.3 is 0 Å². The number of aromatic nitrogens is 1.